The van der Waals surface area contributed by atoms with Crippen molar-refractivity contribution in [3.63, 3.8) is 0 Å². The van der Waals surface area contributed by atoms with Gasteiger partial charge in [-0.05, 0) is 55.5 Å². The number of likely N-dealkylation sites (tertiary alicyclic amines) is 1. The summed E-state index contributed by atoms with van der Waals surface area (Å²) in [6, 6.07) is 15.0. The van der Waals surface area contributed by atoms with Gasteiger partial charge in [-0.1, -0.05) is 24.3 Å². The van der Waals surface area contributed by atoms with E-state index in [2.05, 4.69) is 0 Å². The zero-order valence-electron chi connectivity index (χ0n) is 18.7. The summed E-state index contributed by atoms with van der Waals surface area (Å²) in [4.78, 5) is 43.8. The smallest absolute Gasteiger partial charge is 0.265 e. The molecule has 2 saturated heterocycles. The van der Waals surface area contributed by atoms with Gasteiger partial charge in [-0.3, -0.25) is 14.4 Å². The number of anilines is 2. The van der Waals surface area contributed by atoms with Crippen molar-refractivity contribution in [2.75, 3.05) is 36.0 Å². The molecule has 0 aliphatic carbocycles. The molecule has 1 atom stereocenters. The molecule has 33 heavy (non-hydrogen) atoms. The van der Waals surface area contributed by atoms with Crippen molar-refractivity contribution in [2.45, 2.75) is 44.6 Å². The highest BCUT2D eigenvalue weighted by molar-refractivity contribution is 5.99. The molecule has 0 saturated carbocycles. The maximum atomic E-state index is 13.3. The highest BCUT2D eigenvalue weighted by Gasteiger charge is 2.36. The Labute approximate surface area is 193 Å². The van der Waals surface area contributed by atoms with Gasteiger partial charge in [-0.15, -0.1) is 0 Å². The van der Waals surface area contributed by atoms with Crippen LogP contribution in [0, 0.1) is 0 Å². The topological polar surface area (TPSA) is 70.2 Å². The zero-order valence-corrected chi connectivity index (χ0v) is 18.7. The number of amides is 3. The quantitative estimate of drug-likeness (QED) is 0.722. The molecule has 2 fully saturated rings. The van der Waals surface area contributed by atoms with Crippen LogP contribution in [-0.4, -0.2) is 54.9 Å². The summed E-state index contributed by atoms with van der Waals surface area (Å²) in [6.07, 6.45) is 4.17. The fourth-order valence-corrected chi connectivity index (χ4v) is 4.90. The van der Waals surface area contributed by atoms with Crippen LogP contribution in [0.25, 0.3) is 0 Å². The molecule has 7 nitrogen and oxygen atoms in total. The summed E-state index contributed by atoms with van der Waals surface area (Å²) in [6.45, 7) is 2.46. The SMILES string of the molecule is O=C([C@@H]1CN(C(=O)Cc2ccc(N3CCCC3=O)cc2)c2ccccc2O1)N1CCCCC1. The Morgan fingerprint density at radius 3 is 2.39 bits per heavy atom. The van der Waals surface area contributed by atoms with Crippen molar-refractivity contribution in [3.05, 3.63) is 54.1 Å². The van der Waals surface area contributed by atoms with Gasteiger partial charge in [-0.25, -0.2) is 0 Å². The first-order valence-electron chi connectivity index (χ1n) is 11.8. The van der Waals surface area contributed by atoms with E-state index in [4.69, 9.17) is 4.74 Å². The molecule has 0 unspecified atom stereocenters. The van der Waals surface area contributed by atoms with Crippen LogP contribution in [-0.2, 0) is 20.8 Å². The minimum absolute atomic E-state index is 0.0402. The average Bonchev–Trinajstić information content (AvgIpc) is 3.29. The number of fused-ring (bicyclic) bond motifs is 1. The fourth-order valence-electron chi connectivity index (χ4n) is 4.90. The molecule has 0 N–H and O–H groups in total. The van der Waals surface area contributed by atoms with Gasteiger partial charge in [0, 0.05) is 31.7 Å². The molecule has 0 radical (unpaired) electrons. The van der Waals surface area contributed by atoms with Crippen LogP contribution in [0.4, 0.5) is 11.4 Å². The summed E-state index contributed by atoms with van der Waals surface area (Å²) < 4.78 is 6.04. The monoisotopic (exact) mass is 447 g/mol. The number of hydrogen-bond acceptors (Lipinski definition) is 4. The number of para-hydroxylation sites is 2. The lowest BCUT2D eigenvalue weighted by atomic mass is 10.1. The molecule has 0 spiro atoms. The molecular weight excluding hydrogens is 418 g/mol. The number of ether oxygens (including phenoxy) is 1. The van der Waals surface area contributed by atoms with E-state index in [0.29, 0.717) is 17.9 Å². The van der Waals surface area contributed by atoms with Crippen LogP contribution in [0.15, 0.2) is 48.5 Å². The second-order valence-electron chi connectivity index (χ2n) is 8.96. The molecule has 3 aliphatic heterocycles. The minimum atomic E-state index is -0.689. The third kappa shape index (κ3) is 4.45. The summed E-state index contributed by atoms with van der Waals surface area (Å²) in [5.74, 6) is 0.595. The van der Waals surface area contributed by atoms with Gasteiger partial charge < -0.3 is 19.4 Å². The first-order valence-corrected chi connectivity index (χ1v) is 11.8. The summed E-state index contributed by atoms with van der Waals surface area (Å²) >= 11 is 0. The fraction of sp³-hybridized carbons (Fsp3) is 0.423. The number of nitrogens with zero attached hydrogens (tertiary/aromatic N) is 3. The van der Waals surface area contributed by atoms with E-state index in [0.717, 1.165) is 56.6 Å². The Kier molecular flexibility index (Phi) is 6.03. The van der Waals surface area contributed by atoms with Crippen LogP contribution in [0.2, 0.25) is 0 Å². The molecule has 0 aromatic heterocycles. The van der Waals surface area contributed by atoms with Gasteiger partial charge in [0.05, 0.1) is 18.7 Å². The molecule has 2 aromatic carbocycles. The van der Waals surface area contributed by atoms with E-state index in [1.165, 1.54) is 0 Å². The number of rotatable bonds is 4. The molecule has 7 heteroatoms. The number of piperidine rings is 1. The normalized spacial score (nSPS) is 20.4. The van der Waals surface area contributed by atoms with Crippen LogP contribution in [0.3, 0.4) is 0 Å². The Morgan fingerprint density at radius 2 is 1.67 bits per heavy atom. The van der Waals surface area contributed by atoms with E-state index in [-0.39, 0.29) is 30.7 Å². The van der Waals surface area contributed by atoms with E-state index in [1.807, 2.05) is 53.4 Å². The third-order valence-corrected chi connectivity index (χ3v) is 6.69. The van der Waals surface area contributed by atoms with Gasteiger partial charge in [0.25, 0.3) is 5.91 Å². The first-order chi connectivity index (χ1) is 16.1. The van der Waals surface area contributed by atoms with Gasteiger partial charge >= 0.3 is 0 Å². The van der Waals surface area contributed by atoms with Crippen molar-refractivity contribution >= 4 is 29.1 Å². The Morgan fingerprint density at radius 1 is 0.909 bits per heavy atom. The summed E-state index contributed by atoms with van der Waals surface area (Å²) in [5.41, 5.74) is 2.44. The highest BCUT2D eigenvalue weighted by atomic mass is 16.5. The lowest BCUT2D eigenvalue weighted by molar-refractivity contribution is -0.139. The Hall–Kier alpha value is -3.35. The predicted molar refractivity (Wildman–Crippen MR) is 125 cm³/mol. The number of carbonyl (C=O) groups excluding carboxylic acids is 3. The number of hydrogen-bond donors (Lipinski definition) is 0. The maximum absolute atomic E-state index is 13.3. The van der Waals surface area contributed by atoms with Gasteiger partial charge in [0.2, 0.25) is 11.8 Å². The molecule has 0 bridgehead atoms. The van der Waals surface area contributed by atoms with Crippen LogP contribution < -0.4 is 14.5 Å². The summed E-state index contributed by atoms with van der Waals surface area (Å²) in [7, 11) is 0. The Balaban J connectivity index is 1.32. The Bertz CT molecular complexity index is 1050. The van der Waals surface area contributed by atoms with E-state index < -0.39 is 6.10 Å². The first kappa shape index (κ1) is 21.5. The van der Waals surface area contributed by atoms with Gasteiger partial charge in [0.15, 0.2) is 6.10 Å². The van der Waals surface area contributed by atoms with Crippen molar-refractivity contribution in [2.24, 2.45) is 0 Å². The van der Waals surface area contributed by atoms with Gasteiger partial charge in [0.1, 0.15) is 5.75 Å². The molecular formula is C26H29N3O4. The summed E-state index contributed by atoms with van der Waals surface area (Å²) in [5, 5.41) is 0. The largest absolute Gasteiger partial charge is 0.476 e. The van der Waals surface area contributed by atoms with E-state index >= 15 is 0 Å². The second kappa shape index (κ2) is 9.25. The van der Waals surface area contributed by atoms with Crippen molar-refractivity contribution < 1.29 is 19.1 Å². The standard InChI is InChI=1S/C26H29N3O4/c30-24-9-6-16-28(24)20-12-10-19(11-13-20)17-25(31)29-18-23(26(32)27-14-4-1-5-15-27)33-22-8-3-2-7-21(22)29/h2-3,7-8,10-13,23H,1,4-6,9,14-18H2/t23-/m0/s1. The van der Waals surface area contributed by atoms with E-state index in [1.54, 1.807) is 9.80 Å². The lowest BCUT2D eigenvalue weighted by Gasteiger charge is -2.37. The molecule has 2 aromatic rings. The second-order valence-corrected chi connectivity index (χ2v) is 8.96. The number of carbonyl (C=O) groups is 3. The van der Waals surface area contributed by atoms with Crippen LogP contribution in [0.5, 0.6) is 5.75 Å². The molecule has 3 aliphatic rings. The minimum Gasteiger partial charge on any atom is -0.476 e. The van der Waals surface area contributed by atoms with Crippen LogP contribution >= 0.6 is 0 Å². The van der Waals surface area contributed by atoms with E-state index in [9.17, 15) is 14.4 Å². The average molecular weight is 448 g/mol. The molecule has 5 rings (SSSR count). The maximum Gasteiger partial charge on any atom is 0.265 e. The predicted octanol–water partition coefficient (Wildman–Crippen LogP) is 3.16. The molecule has 3 amide bonds. The molecule has 172 valence electrons. The number of benzene rings is 2. The van der Waals surface area contributed by atoms with Crippen molar-refractivity contribution in [3.8, 4) is 5.75 Å². The highest BCUT2D eigenvalue weighted by Crippen LogP contribution is 2.34. The van der Waals surface area contributed by atoms with Gasteiger partial charge in [-0.2, -0.15) is 0 Å². The van der Waals surface area contributed by atoms with Crippen molar-refractivity contribution in [1.82, 2.24) is 4.90 Å². The zero-order chi connectivity index (χ0) is 22.8. The molecule has 3 heterocycles. The van der Waals surface area contributed by atoms with Crippen molar-refractivity contribution in [1.29, 1.82) is 0 Å². The third-order valence-electron chi connectivity index (χ3n) is 6.69. The lowest BCUT2D eigenvalue weighted by Crippen LogP contribution is -2.53. The van der Waals surface area contributed by atoms with Crippen LogP contribution in [0.1, 0.15) is 37.7 Å².